The summed E-state index contributed by atoms with van der Waals surface area (Å²) in [6.07, 6.45) is -8.40. The first-order chi connectivity index (χ1) is 38.7. The van der Waals surface area contributed by atoms with Gasteiger partial charge in [0.2, 0.25) is 0 Å². The van der Waals surface area contributed by atoms with E-state index in [1.807, 2.05) is 72.8 Å². The molecule has 1 saturated heterocycles. The molecule has 0 unspecified atom stereocenters. The van der Waals surface area contributed by atoms with Crippen molar-refractivity contribution in [1.82, 2.24) is 9.55 Å². The average Bonchev–Trinajstić information content (AvgIpc) is 3.87. The summed E-state index contributed by atoms with van der Waals surface area (Å²) < 4.78 is 48.3. The fraction of sp³-hybridized carbons (Fsp3) is 0.232. The summed E-state index contributed by atoms with van der Waals surface area (Å²) in [5, 5.41) is 35.9. The maximum atomic E-state index is 14.1. The van der Waals surface area contributed by atoms with Crippen LogP contribution >= 0.6 is 0 Å². The molecule has 1 amide bonds. The molecule has 1 aliphatic rings. The Morgan fingerprint density at radius 3 is 1.46 bits per heavy atom. The van der Waals surface area contributed by atoms with Crippen molar-refractivity contribution in [2.24, 2.45) is 0 Å². The number of nitro groups is 3. The molecule has 1 fully saturated rings. The topological polar surface area (TPSA) is 301 Å². The van der Waals surface area contributed by atoms with E-state index in [0.717, 1.165) is 4.57 Å². The van der Waals surface area contributed by atoms with Crippen molar-refractivity contribution in [3.63, 3.8) is 0 Å². The number of carbonyl (C=O) groups excluding carboxylic acids is 3. The van der Waals surface area contributed by atoms with Crippen LogP contribution < -0.4 is 15.7 Å². The van der Waals surface area contributed by atoms with Crippen LogP contribution in [0.15, 0.2) is 175 Å². The van der Waals surface area contributed by atoms with Crippen LogP contribution in [-0.2, 0) is 58.0 Å². The Morgan fingerprint density at radius 1 is 0.588 bits per heavy atom. The van der Waals surface area contributed by atoms with Crippen LogP contribution in [0.5, 0.6) is 5.75 Å². The van der Waals surface area contributed by atoms with E-state index in [4.69, 9.17) is 37.9 Å². The van der Waals surface area contributed by atoms with Crippen LogP contribution in [0.4, 0.5) is 37.3 Å². The molecule has 24 nitrogen and oxygen atoms in total. The summed E-state index contributed by atoms with van der Waals surface area (Å²) in [6, 6.07) is 43.7. The third kappa shape index (κ3) is 14.1. The van der Waals surface area contributed by atoms with Crippen molar-refractivity contribution in [2.45, 2.75) is 49.4 Å². The molecular weight excluding hydrogens is 1040 g/mol. The van der Waals surface area contributed by atoms with E-state index < -0.39 is 75.6 Å². The second-order valence-electron chi connectivity index (χ2n) is 17.7. The summed E-state index contributed by atoms with van der Waals surface area (Å²) in [7, 11) is 1.53. The van der Waals surface area contributed by atoms with E-state index in [1.54, 1.807) is 12.1 Å². The van der Waals surface area contributed by atoms with Gasteiger partial charge in [0.15, 0.2) is 18.4 Å². The van der Waals surface area contributed by atoms with Gasteiger partial charge in [-0.05, 0) is 51.6 Å². The highest BCUT2D eigenvalue weighted by molar-refractivity contribution is 5.83. The minimum atomic E-state index is -1.73. The summed E-state index contributed by atoms with van der Waals surface area (Å²) in [4.78, 5) is 90.5. The van der Waals surface area contributed by atoms with Gasteiger partial charge in [-0.2, -0.15) is 4.98 Å². The van der Waals surface area contributed by atoms with Gasteiger partial charge in [-0.1, -0.05) is 109 Å². The Bertz CT molecular complexity index is 3290. The number of methoxy groups -OCH3 is 1. The highest BCUT2D eigenvalue weighted by Gasteiger charge is 2.53. The van der Waals surface area contributed by atoms with Crippen LogP contribution in [0.3, 0.4) is 0 Å². The van der Waals surface area contributed by atoms with E-state index in [-0.39, 0.29) is 62.0 Å². The van der Waals surface area contributed by atoms with Crippen LogP contribution in [0.1, 0.15) is 39.6 Å². The average molecular weight is 1100 g/mol. The number of nitrogens with one attached hydrogen (secondary N) is 1. The van der Waals surface area contributed by atoms with Crippen molar-refractivity contribution in [2.75, 3.05) is 38.9 Å². The minimum absolute atomic E-state index is 0.0961. The third-order valence-electron chi connectivity index (χ3n) is 12.7. The minimum Gasteiger partial charge on any atom is -0.497 e. The number of anilines is 1. The van der Waals surface area contributed by atoms with Gasteiger partial charge in [0.25, 0.3) is 17.1 Å². The SMILES string of the molecule is COc1ccc(C(OC[C@H]2O[C@@H](n3ccc(NC(=O)OCCc4ccc([N+](=O)[O-])cc4)nc3=O)[C@H](OC(=O)OCCc3ccc([N+](=O)[O-])cc3)[C@@H]2OC(=O)OCCc2ccc([N+](=O)[O-])cc2)(c2ccccc2)c2ccccc2)cc1. The number of non-ortho nitro benzene ring substituents is 3. The summed E-state index contributed by atoms with van der Waals surface area (Å²) in [6.45, 7) is -1.15. The highest BCUT2D eigenvalue weighted by Crippen LogP contribution is 2.43. The van der Waals surface area contributed by atoms with Crippen LogP contribution in [0, 0.1) is 30.3 Å². The van der Waals surface area contributed by atoms with Crippen molar-refractivity contribution in [3.8, 4) is 5.75 Å². The molecule has 24 heteroatoms. The number of rotatable bonds is 23. The quantitative estimate of drug-likeness (QED) is 0.0205. The van der Waals surface area contributed by atoms with Crippen molar-refractivity contribution in [3.05, 3.63) is 244 Å². The normalized spacial score (nSPS) is 15.7. The Balaban J connectivity index is 1.10. The van der Waals surface area contributed by atoms with Gasteiger partial charge in [-0.15, -0.1) is 0 Å². The molecular formula is C56H50N6O18. The predicted molar refractivity (Wildman–Crippen MR) is 282 cm³/mol. The zero-order valence-electron chi connectivity index (χ0n) is 42.5. The zero-order chi connectivity index (χ0) is 56.6. The maximum Gasteiger partial charge on any atom is 0.508 e. The van der Waals surface area contributed by atoms with Crippen LogP contribution in [0.25, 0.3) is 0 Å². The lowest BCUT2D eigenvalue weighted by Crippen LogP contribution is -2.44. The highest BCUT2D eigenvalue weighted by atomic mass is 16.8. The van der Waals surface area contributed by atoms with E-state index in [1.165, 1.54) is 92.2 Å². The first-order valence-corrected chi connectivity index (χ1v) is 24.7. The molecule has 4 atom stereocenters. The van der Waals surface area contributed by atoms with Gasteiger partial charge in [0.05, 0.1) is 48.3 Å². The van der Waals surface area contributed by atoms with Crippen molar-refractivity contribution >= 4 is 41.3 Å². The number of hydrogen-bond acceptors (Lipinski definition) is 19. The summed E-state index contributed by atoms with van der Waals surface area (Å²) in [5.74, 6) is 0.301. The van der Waals surface area contributed by atoms with E-state index in [9.17, 15) is 49.5 Å². The van der Waals surface area contributed by atoms with Crippen molar-refractivity contribution < 1.29 is 67.0 Å². The van der Waals surface area contributed by atoms with E-state index >= 15 is 0 Å². The fourth-order valence-electron chi connectivity index (χ4n) is 8.69. The number of ether oxygens (including phenoxy) is 8. The molecule has 7 aromatic rings. The molecule has 1 aliphatic heterocycles. The molecule has 6 aromatic carbocycles. The van der Waals surface area contributed by atoms with Crippen molar-refractivity contribution in [1.29, 1.82) is 0 Å². The lowest BCUT2D eigenvalue weighted by molar-refractivity contribution is -0.385. The van der Waals surface area contributed by atoms with Gasteiger partial charge in [-0.3, -0.25) is 40.2 Å². The fourth-order valence-corrected chi connectivity index (χ4v) is 8.69. The second-order valence-corrected chi connectivity index (χ2v) is 17.7. The van der Waals surface area contributed by atoms with Crippen LogP contribution in [-0.4, -0.2) is 94.6 Å². The lowest BCUT2D eigenvalue weighted by atomic mass is 9.80. The molecule has 0 radical (unpaired) electrons. The molecule has 80 heavy (non-hydrogen) atoms. The monoisotopic (exact) mass is 1090 g/mol. The molecule has 8 rings (SSSR count). The standard InChI is InChI=1S/C56H50N6O18/c1-73-46-26-18-42(19-27-46)56(40-8-4-2-5-9-40,41-10-6-3-7-11-41)77-36-47-49(79-54(65)75-34-30-38-14-22-44(23-15-38)61(69)70)50(80-55(66)76-35-31-39-16-24-45(25-17-39)62(71)72)51(78-47)59-32-28-48(57-52(59)63)58-53(64)74-33-29-37-12-20-43(21-13-37)60(67)68/h2-28,32,47,49-51H,29-31,33-36H2,1H3,(H,57,58,63,64)/t47-,49-,50-,51-/m1/s1. The Hall–Kier alpha value is -10.1. The molecule has 0 spiro atoms. The molecule has 0 aliphatic carbocycles. The molecule has 1 aromatic heterocycles. The van der Waals surface area contributed by atoms with Gasteiger partial charge in [0.1, 0.15) is 23.3 Å². The zero-order valence-corrected chi connectivity index (χ0v) is 42.5. The predicted octanol–water partition coefficient (Wildman–Crippen LogP) is 9.20. The number of carbonyl (C=O) groups is 3. The van der Waals surface area contributed by atoms with Crippen LogP contribution in [0.2, 0.25) is 0 Å². The largest absolute Gasteiger partial charge is 0.508 e. The molecule has 0 saturated carbocycles. The first kappa shape index (κ1) is 56.1. The number of benzene rings is 6. The Labute approximate surface area is 454 Å². The molecule has 1 N–H and O–H groups in total. The summed E-state index contributed by atoms with van der Waals surface area (Å²) in [5.41, 5.74) is 0.907. The molecule has 0 bridgehead atoms. The number of aromatic nitrogens is 2. The smallest absolute Gasteiger partial charge is 0.497 e. The number of amides is 1. The first-order valence-electron chi connectivity index (χ1n) is 24.7. The third-order valence-corrected chi connectivity index (χ3v) is 12.7. The summed E-state index contributed by atoms with van der Waals surface area (Å²) >= 11 is 0. The Kier molecular flexibility index (Phi) is 18.5. The number of hydrogen-bond donors (Lipinski definition) is 1. The maximum absolute atomic E-state index is 14.1. The number of nitro benzene ring substituents is 3. The number of nitrogens with zero attached hydrogens (tertiary/aromatic N) is 5. The lowest BCUT2D eigenvalue weighted by Gasteiger charge is -2.37. The van der Waals surface area contributed by atoms with Gasteiger partial charge in [-0.25, -0.2) is 19.2 Å². The molecule has 2 heterocycles. The Morgan fingerprint density at radius 2 is 1.02 bits per heavy atom. The van der Waals surface area contributed by atoms with E-state index in [2.05, 4.69) is 10.3 Å². The van der Waals surface area contributed by atoms with Gasteiger partial charge in [0, 0.05) is 61.9 Å². The second kappa shape index (κ2) is 26.3. The van der Waals surface area contributed by atoms with E-state index in [0.29, 0.717) is 39.1 Å². The van der Waals surface area contributed by atoms with Gasteiger partial charge >= 0.3 is 24.1 Å². The van der Waals surface area contributed by atoms with Gasteiger partial charge < -0.3 is 37.9 Å². The molecule has 412 valence electrons.